The maximum Gasteiger partial charge on any atom is 0.323 e. The summed E-state index contributed by atoms with van der Waals surface area (Å²) >= 11 is 0. The van der Waals surface area contributed by atoms with Crippen LogP contribution in [0.2, 0.25) is 0 Å². The van der Waals surface area contributed by atoms with E-state index in [0.29, 0.717) is 0 Å². The third-order valence-electron chi connectivity index (χ3n) is 3.15. The molecule has 0 radical (unpaired) electrons. The van der Waals surface area contributed by atoms with Gasteiger partial charge < -0.3 is 10.6 Å². The molecule has 2 rings (SSSR count). The zero-order valence-corrected chi connectivity index (χ0v) is 12.4. The zero-order valence-electron chi connectivity index (χ0n) is 12.4. The fraction of sp³-hybridized carbons (Fsp3) is 0.167. The van der Waals surface area contributed by atoms with Crippen LogP contribution in [0.3, 0.4) is 0 Å². The molecule has 2 aromatic carbocycles. The normalized spacial score (nSPS) is 10.6. The van der Waals surface area contributed by atoms with Crippen LogP contribution in [-0.2, 0) is 6.42 Å². The fourth-order valence-electron chi connectivity index (χ4n) is 1.98. The molecule has 0 atom stereocenters. The van der Waals surface area contributed by atoms with Gasteiger partial charge in [-0.1, -0.05) is 48.9 Å². The van der Waals surface area contributed by atoms with Gasteiger partial charge in [0.2, 0.25) is 0 Å². The van der Waals surface area contributed by atoms with Gasteiger partial charge >= 0.3 is 6.03 Å². The molecule has 0 heterocycles. The molecule has 0 bridgehead atoms. The van der Waals surface area contributed by atoms with Crippen molar-refractivity contribution in [1.82, 2.24) is 5.32 Å². The standard InChI is InChI=1S/C18H20N2O/c1-3-15-7-9-17(10-8-15)20-18(21)19-12-11-16-6-4-5-14(2)13-16/h4-13H,3H2,1-2H3,(H2,19,20,21)/b12-11+. The maximum atomic E-state index is 11.8. The second-order valence-corrected chi connectivity index (χ2v) is 4.90. The molecule has 0 aliphatic rings. The fourth-order valence-corrected chi connectivity index (χ4v) is 1.98. The molecular formula is C18H20N2O. The highest BCUT2D eigenvalue weighted by molar-refractivity contribution is 5.90. The Morgan fingerprint density at radius 3 is 2.57 bits per heavy atom. The van der Waals surface area contributed by atoms with E-state index in [1.165, 1.54) is 11.1 Å². The highest BCUT2D eigenvalue weighted by Crippen LogP contribution is 2.09. The molecule has 108 valence electrons. The van der Waals surface area contributed by atoms with Crippen molar-refractivity contribution in [3.63, 3.8) is 0 Å². The molecule has 0 saturated heterocycles. The average molecular weight is 280 g/mol. The largest absolute Gasteiger partial charge is 0.323 e. The van der Waals surface area contributed by atoms with Crippen LogP contribution in [0.1, 0.15) is 23.6 Å². The molecule has 2 aromatic rings. The molecule has 3 nitrogen and oxygen atoms in total. The lowest BCUT2D eigenvalue weighted by molar-refractivity contribution is 0.255. The number of anilines is 1. The SMILES string of the molecule is CCc1ccc(NC(=O)N/C=C/c2cccc(C)c2)cc1. The first-order chi connectivity index (χ1) is 10.2. The van der Waals surface area contributed by atoms with E-state index in [1.54, 1.807) is 6.20 Å². The number of rotatable bonds is 4. The van der Waals surface area contributed by atoms with Crippen molar-refractivity contribution >= 4 is 17.8 Å². The van der Waals surface area contributed by atoms with Crippen LogP contribution in [0, 0.1) is 6.92 Å². The zero-order chi connectivity index (χ0) is 15.1. The number of aryl methyl sites for hydroxylation is 2. The van der Waals surface area contributed by atoms with E-state index in [1.807, 2.05) is 55.5 Å². The summed E-state index contributed by atoms with van der Waals surface area (Å²) in [4.78, 5) is 11.8. The molecule has 3 heteroatoms. The van der Waals surface area contributed by atoms with Crippen molar-refractivity contribution in [2.24, 2.45) is 0 Å². The minimum absolute atomic E-state index is 0.247. The third-order valence-corrected chi connectivity index (χ3v) is 3.15. The van der Waals surface area contributed by atoms with Crippen LogP contribution in [0.4, 0.5) is 10.5 Å². The molecule has 21 heavy (non-hydrogen) atoms. The first-order valence-electron chi connectivity index (χ1n) is 7.07. The Bertz CT molecular complexity index is 630. The van der Waals surface area contributed by atoms with Gasteiger partial charge in [0.15, 0.2) is 0 Å². The van der Waals surface area contributed by atoms with Crippen LogP contribution < -0.4 is 10.6 Å². The second kappa shape index (κ2) is 7.29. The highest BCUT2D eigenvalue weighted by Gasteiger charge is 1.98. The number of hydrogen-bond acceptors (Lipinski definition) is 1. The minimum atomic E-state index is -0.247. The average Bonchev–Trinajstić information content (AvgIpc) is 2.48. The van der Waals surface area contributed by atoms with Crippen molar-refractivity contribution in [1.29, 1.82) is 0 Å². The van der Waals surface area contributed by atoms with Gasteiger partial charge in [0.25, 0.3) is 0 Å². The van der Waals surface area contributed by atoms with E-state index in [9.17, 15) is 4.79 Å². The summed E-state index contributed by atoms with van der Waals surface area (Å²) in [7, 11) is 0. The highest BCUT2D eigenvalue weighted by atomic mass is 16.2. The maximum absolute atomic E-state index is 11.8. The minimum Gasteiger partial charge on any atom is -0.314 e. The Hall–Kier alpha value is -2.55. The summed E-state index contributed by atoms with van der Waals surface area (Å²) in [5, 5.41) is 5.49. The van der Waals surface area contributed by atoms with E-state index in [0.717, 1.165) is 17.7 Å². The van der Waals surface area contributed by atoms with E-state index >= 15 is 0 Å². The Labute approximate surface area is 125 Å². The predicted octanol–water partition coefficient (Wildman–Crippen LogP) is 4.35. The second-order valence-electron chi connectivity index (χ2n) is 4.90. The van der Waals surface area contributed by atoms with Crippen LogP contribution in [0.25, 0.3) is 6.08 Å². The summed E-state index contributed by atoms with van der Waals surface area (Å²) in [6.07, 6.45) is 4.50. The molecule has 0 unspecified atom stereocenters. The van der Waals surface area contributed by atoms with Crippen LogP contribution in [0.5, 0.6) is 0 Å². The van der Waals surface area contributed by atoms with Gasteiger partial charge in [-0.05, 0) is 42.7 Å². The van der Waals surface area contributed by atoms with Gasteiger partial charge in [-0.2, -0.15) is 0 Å². The molecule has 2 N–H and O–H groups in total. The lowest BCUT2D eigenvalue weighted by Gasteiger charge is -2.05. The van der Waals surface area contributed by atoms with Crippen LogP contribution in [-0.4, -0.2) is 6.03 Å². The number of benzene rings is 2. The van der Waals surface area contributed by atoms with Gasteiger partial charge in [0.1, 0.15) is 0 Å². The van der Waals surface area contributed by atoms with E-state index in [2.05, 4.69) is 23.6 Å². The van der Waals surface area contributed by atoms with Crippen LogP contribution in [0.15, 0.2) is 54.7 Å². The summed E-state index contributed by atoms with van der Waals surface area (Å²) in [6, 6.07) is 15.7. The number of hydrogen-bond donors (Lipinski definition) is 2. The Morgan fingerprint density at radius 2 is 1.90 bits per heavy atom. The van der Waals surface area contributed by atoms with Gasteiger partial charge in [-0.25, -0.2) is 4.79 Å². The van der Waals surface area contributed by atoms with Gasteiger partial charge in [-0.15, -0.1) is 0 Å². The first kappa shape index (κ1) is 14.9. The quantitative estimate of drug-likeness (QED) is 0.859. The molecule has 0 spiro atoms. The van der Waals surface area contributed by atoms with Crippen LogP contribution >= 0.6 is 0 Å². The monoisotopic (exact) mass is 280 g/mol. The van der Waals surface area contributed by atoms with Crippen molar-refractivity contribution in [2.45, 2.75) is 20.3 Å². The first-order valence-corrected chi connectivity index (χ1v) is 7.07. The number of nitrogens with one attached hydrogen (secondary N) is 2. The smallest absolute Gasteiger partial charge is 0.314 e. The van der Waals surface area contributed by atoms with Gasteiger partial charge in [-0.3, -0.25) is 0 Å². The molecular weight excluding hydrogens is 260 g/mol. The lowest BCUT2D eigenvalue weighted by atomic mass is 10.1. The Morgan fingerprint density at radius 1 is 1.14 bits per heavy atom. The summed E-state index contributed by atoms with van der Waals surface area (Å²) in [5.74, 6) is 0. The molecule has 0 aromatic heterocycles. The topological polar surface area (TPSA) is 41.1 Å². The molecule has 0 aliphatic carbocycles. The Kier molecular flexibility index (Phi) is 5.16. The van der Waals surface area contributed by atoms with Crippen molar-refractivity contribution in [2.75, 3.05) is 5.32 Å². The van der Waals surface area contributed by atoms with Crippen molar-refractivity contribution in [3.05, 3.63) is 71.4 Å². The third kappa shape index (κ3) is 4.80. The van der Waals surface area contributed by atoms with E-state index in [-0.39, 0.29) is 6.03 Å². The summed E-state index contributed by atoms with van der Waals surface area (Å²) in [6.45, 7) is 4.14. The predicted molar refractivity (Wildman–Crippen MR) is 88.2 cm³/mol. The van der Waals surface area contributed by atoms with E-state index < -0.39 is 0 Å². The Balaban J connectivity index is 1.86. The van der Waals surface area contributed by atoms with Gasteiger partial charge in [0.05, 0.1) is 0 Å². The van der Waals surface area contributed by atoms with Crippen molar-refractivity contribution in [3.8, 4) is 0 Å². The lowest BCUT2D eigenvalue weighted by Crippen LogP contribution is -2.23. The summed E-state index contributed by atoms with van der Waals surface area (Å²) in [5.41, 5.74) is 4.29. The number of carbonyl (C=O) groups is 1. The molecule has 2 amide bonds. The summed E-state index contributed by atoms with van der Waals surface area (Å²) < 4.78 is 0. The molecule has 0 saturated carbocycles. The van der Waals surface area contributed by atoms with Crippen molar-refractivity contribution < 1.29 is 4.79 Å². The number of carbonyl (C=O) groups excluding carboxylic acids is 1. The number of urea groups is 1. The molecule has 0 aliphatic heterocycles. The molecule has 0 fully saturated rings. The number of amides is 2. The van der Waals surface area contributed by atoms with E-state index in [4.69, 9.17) is 0 Å². The van der Waals surface area contributed by atoms with Gasteiger partial charge in [0, 0.05) is 11.9 Å².